The fraction of sp³-hybridized carbons (Fsp3) is 0.500. The third-order valence-electron chi connectivity index (χ3n) is 2.47. The highest BCUT2D eigenvalue weighted by Crippen LogP contribution is 2.37. The van der Waals surface area contributed by atoms with Crippen LogP contribution in [0.1, 0.15) is 6.42 Å². The number of alkyl halides is 3. The van der Waals surface area contributed by atoms with Gasteiger partial charge in [-0.2, -0.15) is 13.2 Å². The number of hydrogen-bond donors (Lipinski definition) is 2. The first kappa shape index (κ1) is 12.8. The lowest BCUT2D eigenvalue weighted by atomic mass is 9.83. The predicted octanol–water partition coefficient (Wildman–Crippen LogP) is 1.71. The standard InChI is InChI=1S/C10H12F3NO2/c11-10(12,13)7-4-2-1-3-6(7)5-8(14)9(15)16/h1-4,6-8H,5,14H2,(H,15,16). The molecule has 3 N–H and O–H groups in total. The van der Waals surface area contributed by atoms with E-state index in [1.807, 2.05) is 0 Å². The highest BCUT2D eigenvalue weighted by molar-refractivity contribution is 5.73. The molecule has 3 unspecified atom stereocenters. The Balaban J connectivity index is 2.74. The zero-order valence-electron chi connectivity index (χ0n) is 8.32. The van der Waals surface area contributed by atoms with Crippen LogP contribution >= 0.6 is 0 Å². The number of nitrogens with two attached hydrogens (primary N) is 1. The summed E-state index contributed by atoms with van der Waals surface area (Å²) in [5.41, 5.74) is 5.23. The Labute approximate surface area is 90.4 Å². The fourth-order valence-electron chi connectivity index (χ4n) is 1.62. The molecule has 3 atom stereocenters. The van der Waals surface area contributed by atoms with Crippen molar-refractivity contribution in [1.82, 2.24) is 0 Å². The van der Waals surface area contributed by atoms with E-state index in [0.717, 1.165) is 6.08 Å². The van der Waals surface area contributed by atoms with Gasteiger partial charge in [0.15, 0.2) is 0 Å². The molecule has 0 aromatic carbocycles. The minimum atomic E-state index is -4.37. The Hall–Kier alpha value is -1.30. The molecule has 0 saturated carbocycles. The van der Waals surface area contributed by atoms with Crippen LogP contribution < -0.4 is 5.73 Å². The van der Waals surface area contributed by atoms with Crippen molar-refractivity contribution in [2.24, 2.45) is 17.6 Å². The molecule has 0 aromatic rings. The van der Waals surface area contributed by atoms with E-state index in [9.17, 15) is 18.0 Å². The van der Waals surface area contributed by atoms with E-state index >= 15 is 0 Å². The smallest absolute Gasteiger partial charge is 0.395 e. The van der Waals surface area contributed by atoms with Crippen molar-refractivity contribution in [1.29, 1.82) is 0 Å². The van der Waals surface area contributed by atoms with Crippen LogP contribution in [0.25, 0.3) is 0 Å². The fourth-order valence-corrected chi connectivity index (χ4v) is 1.62. The zero-order valence-corrected chi connectivity index (χ0v) is 8.32. The molecular weight excluding hydrogens is 223 g/mol. The molecule has 1 aliphatic rings. The molecule has 0 radical (unpaired) electrons. The minimum Gasteiger partial charge on any atom is -0.480 e. The molecular formula is C10H12F3NO2. The average Bonchev–Trinajstić information content (AvgIpc) is 2.16. The maximum Gasteiger partial charge on any atom is 0.395 e. The summed E-state index contributed by atoms with van der Waals surface area (Å²) >= 11 is 0. The van der Waals surface area contributed by atoms with Crippen molar-refractivity contribution in [3.05, 3.63) is 24.3 Å². The second kappa shape index (κ2) is 4.69. The van der Waals surface area contributed by atoms with Gasteiger partial charge in [-0.1, -0.05) is 24.3 Å². The van der Waals surface area contributed by atoms with E-state index < -0.39 is 30.0 Å². The van der Waals surface area contributed by atoms with E-state index in [1.54, 1.807) is 0 Å². The molecule has 0 fully saturated rings. The second-order valence-corrected chi connectivity index (χ2v) is 3.68. The Kier molecular flexibility index (Phi) is 3.74. The van der Waals surface area contributed by atoms with Crippen LogP contribution in [-0.4, -0.2) is 23.3 Å². The van der Waals surface area contributed by atoms with Gasteiger partial charge in [0.25, 0.3) is 0 Å². The molecule has 0 saturated heterocycles. The summed E-state index contributed by atoms with van der Waals surface area (Å²) in [5.74, 6) is -3.84. The molecule has 1 aliphatic carbocycles. The first-order valence-corrected chi connectivity index (χ1v) is 4.72. The van der Waals surface area contributed by atoms with Gasteiger partial charge in [0.05, 0.1) is 5.92 Å². The van der Waals surface area contributed by atoms with Crippen LogP contribution in [0.3, 0.4) is 0 Å². The van der Waals surface area contributed by atoms with Crippen LogP contribution in [0, 0.1) is 11.8 Å². The number of halogens is 3. The maximum atomic E-state index is 12.6. The molecule has 0 heterocycles. The molecule has 90 valence electrons. The molecule has 0 aromatic heterocycles. The van der Waals surface area contributed by atoms with Crippen molar-refractivity contribution in [3.8, 4) is 0 Å². The summed E-state index contributed by atoms with van der Waals surface area (Å²) in [5, 5.41) is 8.55. The molecule has 0 bridgehead atoms. The van der Waals surface area contributed by atoms with E-state index in [0.29, 0.717) is 0 Å². The van der Waals surface area contributed by atoms with Crippen LogP contribution in [0.15, 0.2) is 24.3 Å². The quantitative estimate of drug-likeness (QED) is 0.782. The summed E-state index contributed by atoms with van der Waals surface area (Å²) in [6.45, 7) is 0. The number of rotatable bonds is 3. The van der Waals surface area contributed by atoms with Crippen LogP contribution in [0.4, 0.5) is 13.2 Å². The molecule has 6 heteroatoms. The van der Waals surface area contributed by atoms with E-state index in [-0.39, 0.29) is 6.42 Å². The van der Waals surface area contributed by atoms with Gasteiger partial charge in [-0.15, -0.1) is 0 Å². The van der Waals surface area contributed by atoms with Crippen molar-refractivity contribution < 1.29 is 23.1 Å². The van der Waals surface area contributed by atoms with Gasteiger partial charge < -0.3 is 10.8 Å². The predicted molar refractivity (Wildman–Crippen MR) is 51.5 cm³/mol. The van der Waals surface area contributed by atoms with Gasteiger partial charge in [-0.3, -0.25) is 4.79 Å². The minimum absolute atomic E-state index is 0.222. The SMILES string of the molecule is NC(CC1C=CC=CC1C(F)(F)F)C(=O)O. The largest absolute Gasteiger partial charge is 0.480 e. The van der Waals surface area contributed by atoms with Gasteiger partial charge in [0.2, 0.25) is 0 Å². The van der Waals surface area contributed by atoms with Crippen LogP contribution in [0.5, 0.6) is 0 Å². The summed E-state index contributed by atoms with van der Waals surface area (Å²) in [6.07, 6.45) is 0.563. The molecule has 3 nitrogen and oxygen atoms in total. The number of aliphatic carboxylic acids is 1. The molecule has 16 heavy (non-hydrogen) atoms. The Morgan fingerprint density at radius 3 is 2.44 bits per heavy atom. The second-order valence-electron chi connectivity index (χ2n) is 3.68. The van der Waals surface area contributed by atoms with Gasteiger partial charge in [0.1, 0.15) is 6.04 Å². The lowest BCUT2D eigenvalue weighted by Crippen LogP contribution is -2.37. The van der Waals surface area contributed by atoms with Crippen LogP contribution in [0.2, 0.25) is 0 Å². The highest BCUT2D eigenvalue weighted by atomic mass is 19.4. The van der Waals surface area contributed by atoms with Gasteiger partial charge >= 0.3 is 12.1 Å². The Bertz CT molecular complexity index is 323. The normalized spacial score (nSPS) is 26.8. The highest BCUT2D eigenvalue weighted by Gasteiger charge is 2.43. The summed E-state index contributed by atoms with van der Waals surface area (Å²) < 4.78 is 37.7. The number of allylic oxidation sites excluding steroid dienone is 4. The number of carboxylic acids is 1. The third kappa shape index (κ3) is 3.10. The molecule has 0 amide bonds. The van der Waals surface area contributed by atoms with E-state index in [1.165, 1.54) is 18.2 Å². The Morgan fingerprint density at radius 2 is 1.94 bits per heavy atom. The summed E-state index contributed by atoms with van der Waals surface area (Å²) in [4.78, 5) is 10.5. The monoisotopic (exact) mass is 235 g/mol. The van der Waals surface area contributed by atoms with Gasteiger partial charge in [-0.25, -0.2) is 0 Å². The maximum absolute atomic E-state index is 12.6. The topological polar surface area (TPSA) is 63.3 Å². The summed E-state index contributed by atoms with van der Waals surface area (Å²) in [7, 11) is 0. The van der Waals surface area contributed by atoms with Crippen LogP contribution in [-0.2, 0) is 4.79 Å². The lowest BCUT2D eigenvalue weighted by molar-refractivity contribution is -0.172. The van der Waals surface area contributed by atoms with Gasteiger partial charge in [-0.05, 0) is 12.3 Å². The number of carboxylic acid groups (broad SMARTS) is 1. The molecule has 0 spiro atoms. The van der Waals surface area contributed by atoms with Gasteiger partial charge in [0, 0.05) is 0 Å². The molecule has 1 rings (SSSR count). The number of carbonyl (C=O) groups is 1. The Morgan fingerprint density at radius 1 is 1.38 bits per heavy atom. The molecule has 0 aliphatic heterocycles. The van der Waals surface area contributed by atoms with Crippen molar-refractivity contribution >= 4 is 5.97 Å². The lowest BCUT2D eigenvalue weighted by Gasteiger charge is -2.27. The average molecular weight is 235 g/mol. The third-order valence-corrected chi connectivity index (χ3v) is 2.47. The van der Waals surface area contributed by atoms with Crippen molar-refractivity contribution in [3.63, 3.8) is 0 Å². The van der Waals surface area contributed by atoms with Crippen molar-refractivity contribution in [2.75, 3.05) is 0 Å². The van der Waals surface area contributed by atoms with Crippen molar-refractivity contribution in [2.45, 2.75) is 18.6 Å². The van der Waals surface area contributed by atoms with E-state index in [4.69, 9.17) is 10.8 Å². The first-order valence-electron chi connectivity index (χ1n) is 4.72. The first-order chi connectivity index (χ1) is 7.32. The number of hydrogen-bond acceptors (Lipinski definition) is 2. The van der Waals surface area contributed by atoms with E-state index in [2.05, 4.69) is 0 Å². The summed E-state index contributed by atoms with van der Waals surface area (Å²) in [6, 6.07) is -1.27. The zero-order chi connectivity index (χ0) is 12.3.